The van der Waals surface area contributed by atoms with Crippen molar-refractivity contribution in [2.24, 2.45) is 5.92 Å². The van der Waals surface area contributed by atoms with Crippen LogP contribution in [0.25, 0.3) is 0 Å². The number of carbonyl (C=O) groups is 1. The van der Waals surface area contributed by atoms with E-state index in [4.69, 9.17) is 16.3 Å². The topological polar surface area (TPSA) is 41.6 Å². The number of ether oxygens (including phenoxy) is 1. The molecule has 22 heavy (non-hydrogen) atoms. The van der Waals surface area contributed by atoms with E-state index in [0.29, 0.717) is 5.92 Å². The maximum Gasteiger partial charge on any atom is 0.410 e. The third kappa shape index (κ3) is 5.41. The van der Waals surface area contributed by atoms with E-state index in [1.54, 1.807) is 0 Å². The summed E-state index contributed by atoms with van der Waals surface area (Å²) >= 11 is 5.88. The predicted octanol–water partition coefficient (Wildman–Crippen LogP) is 4.40. The largest absolute Gasteiger partial charge is 0.444 e. The van der Waals surface area contributed by atoms with Crippen molar-refractivity contribution in [2.45, 2.75) is 39.2 Å². The van der Waals surface area contributed by atoms with E-state index >= 15 is 0 Å². The summed E-state index contributed by atoms with van der Waals surface area (Å²) in [7, 11) is 0. The molecule has 1 fully saturated rings. The van der Waals surface area contributed by atoms with Crippen molar-refractivity contribution >= 4 is 23.4 Å². The minimum atomic E-state index is -0.439. The molecule has 0 spiro atoms. The van der Waals surface area contributed by atoms with Crippen LogP contribution in [0.15, 0.2) is 24.3 Å². The molecule has 1 saturated heterocycles. The number of nitrogens with one attached hydrogen (secondary N) is 1. The number of nitrogens with zero attached hydrogens (tertiary/aromatic N) is 1. The Bertz CT molecular complexity index is 496. The van der Waals surface area contributed by atoms with E-state index < -0.39 is 5.60 Å². The molecule has 0 saturated carbocycles. The monoisotopic (exact) mass is 324 g/mol. The number of hydrogen-bond donors (Lipinski definition) is 1. The first-order chi connectivity index (χ1) is 10.3. The Labute approximate surface area is 137 Å². The third-order valence-corrected chi connectivity index (χ3v) is 3.86. The van der Waals surface area contributed by atoms with Gasteiger partial charge in [-0.1, -0.05) is 11.6 Å². The van der Waals surface area contributed by atoms with E-state index in [1.807, 2.05) is 49.9 Å². The quantitative estimate of drug-likeness (QED) is 0.896. The Morgan fingerprint density at radius 1 is 1.36 bits per heavy atom. The lowest BCUT2D eigenvalue weighted by atomic mass is 9.98. The summed E-state index contributed by atoms with van der Waals surface area (Å²) in [6.07, 6.45) is 1.94. The van der Waals surface area contributed by atoms with Crippen LogP contribution in [-0.4, -0.2) is 36.2 Å². The van der Waals surface area contributed by atoms with Crippen molar-refractivity contribution in [2.75, 3.05) is 25.0 Å². The van der Waals surface area contributed by atoms with Gasteiger partial charge >= 0.3 is 6.09 Å². The van der Waals surface area contributed by atoms with Crippen LogP contribution < -0.4 is 5.32 Å². The molecule has 0 bridgehead atoms. The van der Waals surface area contributed by atoms with E-state index in [2.05, 4.69) is 5.32 Å². The molecule has 1 aliphatic rings. The standard InChI is InChI=1S/C17H25ClN2O2/c1-17(2,3)22-16(21)20-10-4-5-13(12-20)11-19-15-8-6-14(18)7-9-15/h6-9,13,19H,4-5,10-12H2,1-3H3. The summed E-state index contributed by atoms with van der Waals surface area (Å²) < 4.78 is 5.45. The highest BCUT2D eigenvalue weighted by molar-refractivity contribution is 6.30. The first-order valence-corrected chi connectivity index (χ1v) is 8.19. The van der Waals surface area contributed by atoms with Gasteiger partial charge in [0.25, 0.3) is 0 Å². The fourth-order valence-electron chi connectivity index (χ4n) is 2.55. The van der Waals surface area contributed by atoms with Crippen molar-refractivity contribution in [3.8, 4) is 0 Å². The molecule has 1 aromatic rings. The summed E-state index contributed by atoms with van der Waals surface area (Å²) in [5.41, 5.74) is 0.616. The fraction of sp³-hybridized carbons (Fsp3) is 0.588. The zero-order valence-electron chi connectivity index (χ0n) is 13.6. The van der Waals surface area contributed by atoms with Crippen LogP contribution in [-0.2, 0) is 4.74 Å². The van der Waals surface area contributed by atoms with E-state index in [0.717, 1.165) is 43.2 Å². The maximum atomic E-state index is 12.1. The second kappa shape index (κ2) is 7.23. The SMILES string of the molecule is CC(C)(C)OC(=O)N1CCCC(CNc2ccc(Cl)cc2)C1. The first-order valence-electron chi connectivity index (χ1n) is 7.81. The fourth-order valence-corrected chi connectivity index (χ4v) is 2.68. The van der Waals surface area contributed by atoms with Gasteiger partial charge in [-0.25, -0.2) is 4.79 Å². The Kier molecular flexibility index (Phi) is 5.57. The minimum absolute atomic E-state index is 0.205. The second-order valence-electron chi connectivity index (χ2n) is 6.82. The van der Waals surface area contributed by atoms with Gasteiger partial charge < -0.3 is 15.0 Å². The lowest BCUT2D eigenvalue weighted by Crippen LogP contribution is -2.44. The molecule has 1 atom stereocenters. The number of benzene rings is 1. The first kappa shape index (κ1) is 16.9. The Morgan fingerprint density at radius 2 is 2.05 bits per heavy atom. The van der Waals surface area contributed by atoms with Crippen LogP contribution in [0.1, 0.15) is 33.6 Å². The van der Waals surface area contributed by atoms with Crippen molar-refractivity contribution in [1.29, 1.82) is 0 Å². The zero-order valence-corrected chi connectivity index (χ0v) is 14.3. The molecular formula is C17H25ClN2O2. The van der Waals surface area contributed by atoms with E-state index in [1.165, 1.54) is 0 Å². The Balaban J connectivity index is 1.82. The number of piperidine rings is 1. The summed E-state index contributed by atoms with van der Waals surface area (Å²) in [4.78, 5) is 14.0. The van der Waals surface area contributed by atoms with Crippen LogP contribution >= 0.6 is 11.6 Å². The summed E-state index contributed by atoms with van der Waals surface area (Å²) in [5.74, 6) is 0.442. The van der Waals surface area contributed by atoms with Gasteiger partial charge in [0.1, 0.15) is 5.60 Å². The lowest BCUT2D eigenvalue weighted by Gasteiger charge is -2.34. The average molecular weight is 325 g/mol. The molecule has 1 amide bonds. The molecule has 2 rings (SSSR count). The molecule has 4 nitrogen and oxygen atoms in total. The molecule has 5 heteroatoms. The molecule has 1 aliphatic heterocycles. The Hall–Kier alpha value is -1.42. The van der Waals surface area contributed by atoms with Gasteiger partial charge in [-0.2, -0.15) is 0 Å². The number of carbonyl (C=O) groups excluding carboxylic acids is 1. The smallest absolute Gasteiger partial charge is 0.410 e. The summed E-state index contributed by atoms with van der Waals surface area (Å²) in [6, 6.07) is 7.68. The van der Waals surface area contributed by atoms with Gasteiger partial charge in [0.2, 0.25) is 0 Å². The van der Waals surface area contributed by atoms with Gasteiger partial charge in [0, 0.05) is 30.3 Å². The normalized spacial score (nSPS) is 18.9. The van der Waals surface area contributed by atoms with Crippen molar-refractivity contribution < 1.29 is 9.53 Å². The minimum Gasteiger partial charge on any atom is -0.444 e. The van der Waals surface area contributed by atoms with Gasteiger partial charge in [-0.05, 0) is 63.8 Å². The van der Waals surface area contributed by atoms with Crippen molar-refractivity contribution in [1.82, 2.24) is 4.90 Å². The highest BCUT2D eigenvalue weighted by Crippen LogP contribution is 2.20. The molecule has 0 radical (unpaired) electrons. The highest BCUT2D eigenvalue weighted by atomic mass is 35.5. The van der Waals surface area contributed by atoms with Gasteiger partial charge in [-0.15, -0.1) is 0 Å². The van der Waals surface area contributed by atoms with Crippen LogP contribution in [0.4, 0.5) is 10.5 Å². The van der Waals surface area contributed by atoms with Gasteiger partial charge in [0.15, 0.2) is 0 Å². The van der Waals surface area contributed by atoms with E-state index in [-0.39, 0.29) is 6.09 Å². The number of anilines is 1. The highest BCUT2D eigenvalue weighted by Gasteiger charge is 2.27. The number of halogens is 1. The van der Waals surface area contributed by atoms with Crippen LogP contribution in [0.3, 0.4) is 0 Å². The molecule has 1 aromatic carbocycles. The lowest BCUT2D eigenvalue weighted by molar-refractivity contribution is 0.0172. The summed E-state index contributed by atoms with van der Waals surface area (Å²) in [5, 5.41) is 4.15. The third-order valence-electron chi connectivity index (χ3n) is 3.61. The van der Waals surface area contributed by atoms with Gasteiger partial charge in [-0.3, -0.25) is 0 Å². The number of likely N-dealkylation sites (tertiary alicyclic amines) is 1. The molecule has 0 aliphatic carbocycles. The van der Waals surface area contributed by atoms with Crippen LogP contribution in [0.2, 0.25) is 5.02 Å². The maximum absolute atomic E-state index is 12.1. The van der Waals surface area contributed by atoms with Crippen LogP contribution in [0.5, 0.6) is 0 Å². The summed E-state index contributed by atoms with van der Waals surface area (Å²) in [6.45, 7) is 8.07. The van der Waals surface area contributed by atoms with E-state index in [9.17, 15) is 4.79 Å². The zero-order chi connectivity index (χ0) is 16.2. The number of amides is 1. The molecule has 1 unspecified atom stereocenters. The number of hydrogen-bond acceptors (Lipinski definition) is 3. The van der Waals surface area contributed by atoms with Crippen LogP contribution in [0, 0.1) is 5.92 Å². The molecular weight excluding hydrogens is 300 g/mol. The Morgan fingerprint density at radius 3 is 2.68 bits per heavy atom. The molecule has 122 valence electrons. The average Bonchev–Trinajstić information content (AvgIpc) is 2.45. The molecule has 1 heterocycles. The van der Waals surface area contributed by atoms with Crippen molar-refractivity contribution in [3.05, 3.63) is 29.3 Å². The van der Waals surface area contributed by atoms with Gasteiger partial charge in [0.05, 0.1) is 0 Å². The molecule has 0 aromatic heterocycles. The van der Waals surface area contributed by atoms with Crippen molar-refractivity contribution in [3.63, 3.8) is 0 Å². The predicted molar refractivity (Wildman–Crippen MR) is 90.5 cm³/mol. The second-order valence-corrected chi connectivity index (χ2v) is 7.26. The number of rotatable bonds is 3. The molecule has 1 N–H and O–H groups in total.